The van der Waals surface area contributed by atoms with Crippen molar-refractivity contribution < 1.29 is 9.53 Å². The maximum absolute atomic E-state index is 12.0. The Balaban J connectivity index is 1.98. The van der Waals surface area contributed by atoms with Gasteiger partial charge in [0.1, 0.15) is 0 Å². The van der Waals surface area contributed by atoms with Gasteiger partial charge in [-0.3, -0.25) is 4.79 Å². The lowest BCUT2D eigenvalue weighted by molar-refractivity contribution is -0.133. The lowest BCUT2D eigenvalue weighted by Gasteiger charge is -2.39. The summed E-state index contributed by atoms with van der Waals surface area (Å²) in [6, 6.07) is 0. The van der Waals surface area contributed by atoms with Crippen molar-refractivity contribution in [2.24, 2.45) is 5.41 Å². The van der Waals surface area contributed by atoms with E-state index in [4.69, 9.17) is 4.74 Å². The third-order valence-corrected chi connectivity index (χ3v) is 5.22. The van der Waals surface area contributed by atoms with Gasteiger partial charge in [-0.25, -0.2) is 0 Å². The molecule has 0 unspecified atom stereocenters. The fraction of sp³-hybridized carbons (Fsp3) is 0.923. The number of hydrogen-bond acceptors (Lipinski definition) is 2. The van der Waals surface area contributed by atoms with Crippen molar-refractivity contribution in [1.82, 2.24) is 4.90 Å². The van der Waals surface area contributed by atoms with Crippen molar-refractivity contribution in [3.63, 3.8) is 0 Å². The molecule has 2 fully saturated rings. The van der Waals surface area contributed by atoms with Crippen LogP contribution in [0.25, 0.3) is 0 Å². The van der Waals surface area contributed by atoms with Crippen LogP contribution in [0, 0.1) is 5.41 Å². The van der Waals surface area contributed by atoms with Crippen LogP contribution in [0.4, 0.5) is 0 Å². The van der Waals surface area contributed by atoms with Crippen LogP contribution in [-0.2, 0) is 9.53 Å². The Morgan fingerprint density at radius 1 is 1.24 bits per heavy atom. The van der Waals surface area contributed by atoms with Gasteiger partial charge in [-0.15, -0.1) is 0 Å². The lowest BCUT2D eigenvalue weighted by atomic mass is 9.81. The van der Waals surface area contributed by atoms with Crippen LogP contribution >= 0.6 is 15.9 Å². The number of amides is 1. The first-order valence-corrected chi connectivity index (χ1v) is 7.79. The molecule has 0 spiro atoms. The Kier molecular flexibility index (Phi) is 4.86. The van der Waals surface area contributed by atoms with E-state index in [0.717, 1.165) is 57.3 Å². The summed E-state index contributed by atoms with van der Waals surface area (Å²) in [5.74, 6) is 0.356. The van der Waals surface area contributed by atoms with E-state index in [2.05, 4.69) is 20.8 Å². The fourth-order valence-corrected chi connectivity index (χ4v) is 3.49. The average molecular weight is 304 g/mol. The third-order valence-electron chi connectivity index (χ3n) is 4.03. The average Bonchev–Trinajstić information content (AvgIpc) is 2.56. The quantitative estimate of drug-likeness (QED) is 0.750. The van der Waals surface area contributed by atoms with Crippen molar-refractivity contribution >= 4 is 21.8 Å². The predicted molar refractivity (Wildman–Crippen MR) is 71.3 cm³/mol. The highest BCUT2D eigenvalue weighted by molar-refractivity contribution is 9.09. The van der Waals surface area contributed by atoms with Gasteiger partial charge in [-0.1, -0.05) is 22.4 Å². The topological polar surface area (TPSA) is 29.5 Å². The number of carbonyl (C=O) groups excluding carboxylic acids is 1. The summed E-state index contributed by atoms with van der Waals surface area (Å²) in [6.45, 7) is 3.55. The molecule has 2 aliphatic heterocycles. The molecule has 0 N–H and O–H groups in total. The number of likely N-dealkylation sites (tertiary alicyclic amines) is 1. The van der Waals surface area contributed by atoms with Crippen LogP contribution in [-0.4, -0.2) is 42.4 Å². The number of halogens is 1. The second-order valence-electron chi connectivity index (χ2n) is 5.37. The summed E-state index contributed by atoms with van der Waals surface area (Å²) >= 11 is 3.64. The summed E-state index contributed by atoms with van der Waals surface area (Å²) in [7, 11) is 0. The smallest absolute Gasteiger partial charge is 0.222 e. The van der Waals surface area contributed by atoms with Gasteiger partial charge in [0, 0.05) is 43.5 Å². The van der Waals surface area contributed by atoms with Gasteiger partial charge in [0.2, 0.25) is 5.91 Å². The normalized spacial score (nSPS) is 25.7. The first-order chi connectivity index (χ1) is 8.26. The van der Waals surface area contributed by atoms with Crippen LogP contribution in [0.5, 0.6) is 0 Å². The van der Waals surface area contributed by atoms with Gasteiger partial charge in [-0.05, 0) is 25.7 Å². The monoisotopic (exact) mass is 303 g/mol. The maximum Gasteiger partial charge on any atom is 0.222 e. The van der Waals surface area contributed by atoms with E-state index in [1.54, 1.807) is 0 Å². The van der Waals surface area contributed by atoms with Crippen LogP contribution in [0.15, 0.2) is 0 Å². The summed E-state index contributed by atoms with van der Waals surface area (Å²) in [6.07, 6.45) is 6.33. The Morgan fingerprint density at radius 2 is 2.00 bits per heavy atom. The van der Waals surface area contributed by atoms with Crippen molar-refractivity contribution in [3.05, 3.63) is 0 Å². The molecule has 0 aromatic rings. The summed E-state index contributed by atoms with van der Waals surface area (Å²) < 4.78 is 5.44. The van der Waals surface area contributed by atoms with E-state index in [9.17, 15) is 4.79 Å². The number of ether oxygens (including phenoxy) is 1. The molecule has 0 atom stereocenters. The van der Waals surface area contributed by atoms with Crippen LogP contribution in [0.3, 0.4) is 0 Å². The highest BCUT2D eigenvalue weighted by Crippen LogP contribution is 2.34. The van der Waals surface area contributed by atoms with Gasteiger partial charge < -0.3 is 9.64 Å². The summed E-state index contributed by atoms with van der Waals surface area (Å²) in [4.78, 5) is 14.1. The maximum atomic E-state index is 12.0. The largest absolute Gasteiger partial charge is 0.381 e. The highest BCUT2D eigenvalue weighted by atomic mass is 79.9. The summed E-state index contributed by atoms with van der Waals surface area (Å²) in [5.41, 5.74) is 0.248. The van der Waals surface area contributed by atoms with E-state index in [-0.39, 0.29) is 5.41 Å². The molecule has 0 aliphatic carbocycles. The molecule has 0 radical (unpaired) electrons. The first kappa shape index (κ1) is 13.3. The van der Waals surface area contributed by atoms with E-state index in [1.807, 2.05) is 0 Å². The Bertz CT molecular complexity index is 264. The minimum absolute atomic E-state index is 0.248. The zero-order chi connectivity index (χ0) is 12.1. The van der Waals surface area contributed by atoms with Crippen LogP contribution in [0.2, 0.25) is 0 Å². The van der Waals surface area contributed by atoms with Crippen molar-refractivity contribution in [2.75, 3.05) is 31.6 Å². The standard InChI is InChI=1S/C13H22BrNO2/c14-10-13(5-8-17-9-6-13)11-15-7-3-1-2-4-12(15)16/h1-11H2. The molecule has 17 heavy (non-hydrogen) atoms. The first-order valence-electron chi connectivity index (χ1n) is 6.67. The second kappa shape index (κ2) is 6.19. The zero-order valence-electron chi connectivity index (χ0n) is 10.4. The Hall–Kier alpha value is -0.0900. The van der Waals surface area contributed by atoms with E-state index in [0.29, 0.717) is 5.91 Å². The highest BCUT2D eigenvalue weighted by Gasteiger charge is 2.35. The minimum Gasteiger partial charge on any atom is -0.381 e. The summed E-state index contributed by atoms with van der Waals surface area (Å²) in [5, 5.41) is 0.979. The molecule has 1 amide bonds. The van der Waals surface area contributed by atoms with Gasteiger partial charge in [0.25, 0.3) is 0 Å². The van der Waals surface area contributed by atoms with Gasteiger partial charge in [-0.2, -0.15) is 0 Å². The second-order valence-corrected chi connectivity index (χ2v) is 5.93. The molecule has 98 valence electrons. The van der Waals surface area contributed by atoms with E-state index >= 15 is 0 Å². The number of rotatable bonds is 3. The molecular weight excluding hydrogens is 282 g/mol. The Morgan fingerprint density at radius 3 is 2.71 bits per heavy atom. The predicted octanol–water partition coefficient (Wildman–Crippen LogP) is 2.58. The third kappa shape index (κ3) is 3.44. The molecular formula is C13H22BrNO2. The molecule has 0 aromatic carbocycles. The molecule has 2 saturated heterocycles. The van der Waals surface area contributed by atoms with Gasteiger partial charge in [0.05, 0.1) is 0 Å². The molecule has 2 rings (SSSR count). The SMILES string of the molecule is O=C1CCCCCN1CC1(CBr)CCOCC1. The molecule has 4 heteroatoms. The minimum atomic E-state index is 0.248. The molecule has 2 aliphatic rings. The van der Waals surface area contributed by atoms with Crippen molar-refractivity contribution in [2.45, 2.75) is 38.5 Å². The van der Waals surface area contributed by atoms with Crippen LogP contribution in [0.1, 0.15) is 38.5 Å². The Labute approximate surface area is 112 Å². The fourth-order valence-electron chi connectivity index (χ4n) is 2.75. The van der Waals surface area contributed by atoms with Gasteiger partial charge in [0.15, 0.2) is 0 Å². The molecule has 0 aromatic heterocycles. The number of nitrogens with zero attached hydrogens (tertiary/aromatic N) is 1. The van der Waals surface area contributed by atoms with Gasteiger partial charge >= 0.3 is 0 Å². The van der Waals surface area contributed by atoms with E-state index < -0.39 is 0 Å². The number of carbonyl (C=O) groups is 1. The molecule has 0 bridgehead atoms. The zero-order valence-corrected chi connectivity index (χ0v) is 12.0. The number of alkyl halides is 1. The van der Waals surface area contributed by atoms with Crippen LogP contribution < -0.4 is 0 Å². The van der Waals surface area contributed by atoms with Crippen molar-refractivity contribution in [1.29, 1.82) is 0 Å². The lowest BCUT2D eigenvalue weighted by Crippen LogP contribution is -2.45. The molecule has 2 heterocycles. The molecule has 3 nitrogen and oxygen atoms in total. The number of hydrogen-bond donors (Lipinski definition) is 0. The molecule has 0 saturated carbocycles. The van der Waals surface area contributed by atoms with E-state index in [1.165, 1.54) is 12.8 Å². The van der Waals surface area contributed by atoms with Crippen molar-refractivity contribution in [3.8, 4) is 0 Å².